The summed E-state index contributed by atoms with van der Waals surface area (Å²) in [5, 5.41) is 14.0. The van der Waals surface area contributed by atoms with Crippen LogP contribution in [0.1, 0.15) is 16.7 Å². The monoisotopic (exact) mass is 337 g/mol. The lowest BCUT2D eigenvalue weighted by Gasteiger charge is -2.07. The number of carbonyl (C=O) groups is 1. The fourth-order valence-corrected chi connectivity index (χ4v) is 2.41. The number of tetrazole rings is 1. The molecule has 128 valence electrons. The molecule has 0 fully saturated rings. The highest BCUT2D eigenvalue weighted by Gasteiger charge is 2.05. The van der Waals surface area contributed by atoms with E-state index in [0.717, 1.165) is 22.4 Å². The van der Waals surface area contributed by atoms with Crippen LogP contribution < -0.4 is 5.32 Å². The van der Waals surface area contributed by atoms with Crippen molar-refractivity contribution in [3.63, 3.8) is 0 Å². The maximum Gasteiger partial charge on any atom is 0.224 e. The first kappa shape index (κ1) is 16.8. The van der Waals surface area contributed by atoms with E-state index in [0.29, 0.717) is 19.6 Å². The van der Waals surface area contributed by atoms with E-state index in [9.17, 15) is 4.79 Å². The summed E-state index contributed by atoms with van der Waals surface area (Å²) < 4.78 is 6.65. The first-order valence-corrected chi connectivity index (χ1v) is 7.90. The molecule has 2 aromatic carbocycles. The Morgan fingerprint density at radius 1 is 1.04 bits per heavy atom. The van der Waals surface area contributed by atoms with E-state index >= 15 is 0 Å². The second-order valence-electron chi connectivity index (χ2n) is 5.62. The summed E-state index contributed by atoms with van der Waals surface area (Å²) in [6.45, 7) is 1.10. The molecular weight excluding hydrogens is 318 g/mol. The number of aromatic nitrogens is 4. The molecule has 0 atom stereocenters. The van der Waals surface area contributed by atoms with Gasteiger partial charge in [0.1, 0.15) is 6.33 Å². The number of amides is 1. The third-order valence-corrected chi connectivity index (χ3v) is 3.74. The molecule has 7 nitrogen and oxygen atoms in total. The minimum Gasteiger partial charge on any atom is -0.380 e. The summed E-state index contributed by atoms with van der Waals surface area (Å²) in [5.74, 6) is -0.0175. The molecule has 0 radical (unpaired) electrons. The molecule has 1 aromatic heterocycles. The van der Waals surface area contributed by atoms with Crippen molar-refractivity contribution in [3.05, 3.63) is 71.5 Å². The van der Waals surface area contributed by atoms with Crippen LogP contribution in [-0.4, -0.2) is 33.2 Å². The fourth-order valence-electron chi connectivity index (χ4n) is 2.41. The second kappa shape index (κ2) is 8.16. The molecule has 0 saturated heterocycles. The topological polar surface area (TPSA) is 81.9 Å². The zero-order chi connectivity index (χ0) is 17.5. The number of nitrogens with one attached hydrogen (secondary N) is 1. The third-order valence-electron chi connectivity index (χ3n) is 3.74. The molecule has 0 aliphatic heterocycles. The van der Waals surface area contributed by atoms with Gasteiger partial charge in [-0.1, -0.05) is 36.4 Å². The van der Waals surface area contributed by atoms with E-state index in [1.807, 2.05) is 48.5 Å². The molecule has 0 bridgehead atoms. The molecule has 0 aliphatic carbocycles. The van der Waals surface area contributed by atoms with Crippen LogP contribution in [-0.2, 0) is 29.1 Å². The average molecular weight is 337 g/mol. The van der Waals surface area contributed by atoms with Crippen LogP contribution in [0.25, 0.3) is 5.69 Å². The van der Waals surface area contributed by atoms with E-state index in [1.165, 1.54) is 6.33 Å². The van der Waals surface area contributed by atoms with Crippen molar-refractivity contribution in [2.45, 2.75) is 19.6 Å². The quantitative estimate of drug-likeness (QED) is 0.709. The lowest BCUT2D eigenvalue weighted by Crippen LogP contribution is -2.24. The first-order chi connectivity index (χ1) is 12.2. The zero-order valence-corrected chi connectivity index (χ0v) is 13.9. The Hall–Kier alpha value is -3.06. The molecule has 1 amide bonds. The lowest BCUT2D eigenvalue weighted by atomic mass is 10.1. The third kappa shape index (κ3) is 4.71. The second-order valence-corrected chi connectivity index (χ2v) is 5.62. The van der Waals surface area contributed by atoms with Gasteiger partial charge in [-0.15, -0.1) is 5.10 Å². The van der Waals surface area contributed by atoms with Crippen LogP contribution in [0.3, 0.4) is 0 Å². The average Bonchev–Trinajstić information content (AvgIpc) is 3.17. The van der Waals surface area contributed by atoms with E-state index in [1.54, 1.807) is 11.8 Å². The summed E-state index contributed by atoms with van der Waals surface area (Å²) >= 11 is 0. The Labute approximate surface area is 145 Å². The number of methoxy groups -OCH3 is 1. The number of ether oxygens (including phenoxy) is 1. The molecular formula is C18H19N5O2. The van der Waals surface area contributed by atoms with Gasteiger partial charge in [0, 0.05) is 13.7 Å². The Bertz CT molecular complexity index is 798. The normalized spacial score (nSPS) is 10.6. The van der Waals surface area contributed by atoms with Crippen LogP contribution in [0.2, 0.25) is 0 Å². The first-order valence-electron chi connectivity index (χ1n) is 7.90. The van der Waals surface area contributed by atoms with Gasteiger partial charge in [0.2, 0.25) is 5.91 Å². The molecule has 3 aromatic rings. The van der Waals surface area contributed by atoms with Crippen molar-refractivity contribution in [1.29, 1.82) is 0 Å². The van der Waals surface area contributed by atoms with Crippen molar-refractivity contribution in [2.75, 3.05) is 7.11 Å². The maximum atomic E-state index is 12.1. The summed E-state index contributed by atoms with van der Waals surface area (Å²) in [4.78, 5) is 12.1. The van der Waals surface area contributed by atoms with Gasteiger partial charge in [-0.3, -0.25) is 4.79 Å². The van der Waals surface area contributed by atoms with Crippen LogP contribution in [0, 0.1) is 0 Å². The SMILES string of the molecule is COCc1ccc(CNC(=O)Cc2ccc(-n3cnnn3)cc2)cc1. The highest BCUT2D eigenvalue weighted by Crippen LogP contribution is 2.09. The van der Waals surface area contributed by atoms with Gasteiger partial charge in [-0.25, -0.2) is 4.68 Å². The fraction of sp³-hybridized carbons (Fsp3) is 0.222. The van der Waals surface area contributed by atoms with Gasteiger partial charge in [-0.05, 0) is 39.2 Å². The molecule has 0 unspecified atom stereocenters. The molecule has 25 heavy (non-hydrogen) atoms. The Morgan fingerprint density at radius 2 is 1.72 bits per heavy atom. The van der Waals surface area contributed by atoms with Crippen molar-refractivity contribution in [1.82, 2.24) is 25.5 Å². The van der Waals surface area contributed by atoms with Crippen molar-refractivity contribution in [3.8, 4) is 5.69 Å². The number of rotatable bonds is 7. The predicted octanol–water partition coefficient (Wildman–Crippen LogP) is 1.67. The van der Waals surface area contributed by atoms with Gasteiger partial charge >= 0.3 is 0 Å². The molecule has 3 rings (SSSR count). The largest absolute Gasteiger partial charge is 0.380 e. The van der Waals surface area contributed by atoms with Crippen LogP contribution in [0.4, 0.5) is 0 Å². The molecule has 1 heterocycles. The number of hydrogen-bond acceptors (Lipinski definition) is 5. The number of hydrogen-bond donors (Lipinski definition) is 1. The zero-order valence-electron chi connectivity index (χ0n) is 13.9. The van der Waals surface area contributed by atoms with Gasteiger partial charge in [0.05, 0.1) is 18.7 Å². The highest BCUT2D eigenvalue weighted by molar-refractivity contribution is 5.78. The molecule has 7 heteroatoms. The number of nitrogens with zero attached hydrogens (tertiary/aromatic N) is 4. The summed E-state index contributed by atoms with van der Waals surface area (Å²) in [6.07, 6.45) is 1.86. The van der Waals surface area contributed by atoms with E-state index in [2.05, 4.69) is 20.8 Å². The van der Waals surface area contributed by atoms with Crippen molar-refractivity contribution in [2.24, 2.45) is 0 Å². The maximum absolute atomic E-state index is 12.1. The molecule has 0 spiro atoms. The minimum absolute atomic E-state index is 0.0175. The van der Waals surface area contributed by atoms with Gasteiger partial charge in [0.15, 0.2) is 0 Å². The summed E-state index contributed by atoms with van der Waals surface area (Å²) in [5.41, 5.74) is 3.96. The van der Waals surface area contributed by atoms with Crippen molar-refractivity contribution >= 4 is 5.91 Å². The van der Waals surface area contributed by atoms with Crippen molar-refractivity contribution < 1.29 is 9.53 Å². The lowest BCUT2D eigenvalue weighted by molar-refractivity contribution is -0.120. The number of carbonyl (C=O) groups excluding carboxylic acids is 1. The van der Waals surface area contributed by atoms with E-state index in [4.69, 9.17) is 4.74 Å². The minimum atomic E-state index is -0.0175. The Kier molecular flexibility index (Phi) is 5.48. The Morgan fingerprint density at radius 3 is 2.36 bits per heavy atom. The predicted molar refractivity (Wildman–Crippen MR) is 91.9 cm³/mol. The van der Waals surface area contributed by atoms with E-state index in [-0.39, 0.29) is 5.91 Å². The van der Waals surface area contributed by atoms with Gasteiger partial charge < -0.3 is 10.1 Å². The molecule has 1 N–H and O–H groups in total. The standard InChI is InChI=1S/C18H19N5O2/c1-25-12-16-4-2-15(3-5-16)11-19-18(24)10-14-6-8-17(9-7-14)23-13-20-21-22-23/h2-9,13H,10-12H2,1H3,(H,19,24). The van der Waals surface area contributed by atoms with Crippen LogP contribution >= 0.6 is 0 Å². The summed E-state index contributed by atoms with van der Waals surface area (Å²) in [7, 11) is 1.67. The molecule has 0 saturated carbocycles. The van der Waals surface area contributed by atoms with Gasteiger partial charge in [-0.2, -0.15) is 0 Å². The van der Waals surface area contributed by atoms with Crippen LogP contribution in [0.5, 0.6) is 0 Å². The van der Waals surface area contributed by atoms with Gasteiger partial charge in [0.25, 0.3) is 0 Å². The van der Waals surface area contributed by atoms with E-state index < -0.39 is 0 Å². The highest BCUT2D eigenvalue weighted by atomic mass is 16.5. The summed E-state index contributed by atoms with van der Waals surface area (Å²) in [6, 6.07) is 15.6. The van der Waals surface area contributed by atoms with Crippen LogP contribution in [0.15, 0.2) is 54.9 Å². The smallest absolute Gasteiger partial charge is 0.224 e. The number of benzene rings is 2. The molecule has 0 aliphatic rings. The Balaban J connectivity index is 1.50.